The third kappa shape index (κ3) is 2.31. The van der Waals surface area contributed by atoms with Crippen LogP contribution in [-0.2, 0) is 30.4 Å². The third-order valence-corrected chi connectivity index (χ3v) is 5.19. The van der Waals surface area contributed by atoms with Crippen molar-refractivity contribution in [2.24, 2.45) is 0 Å². The van der Waals surface area contributed by atoms with E-state index in [1.807, 2.05) is 6.92 Å². The lowest BCUT2D eigenvalue weighted by Gasteiger charge is -2.31. The van der Waals surface area contributed by atoms with Crippen LogP contribution in [0, 0.1) is 0 Å². The highest BCUT2D eigenvalue weighted by Crippen LogP contribution is 2.44. The molecule has 0 unspecified atom stereocenters. The molecule has 0 aromatic heterocycles. The molecule has 0 heterocycles. The van der Waals surface area contributed by atoms with Gasteiger partial charge in [0.15, 0.2) is 0 Å². The van der Waals surface area contributed by atoms with Crippen molar-refractivity contribution in [3.8, 4) is 11.1 Å². The molecule has 3 nitrogen and oxygen atoms in total. The van der Waals surface area contributed by atoms with Crippen LogP contribution in [0.4, 0.5) is 5.69 Å². The molecular formula is C21H23NO2. The predicted octanol–water partition coefficient (Wildman–Crippen LogP) is 3.79. The zero-order chi connectivity index (χ0) is 16.8. The molecule has 2 aromatic rings. The summed E-state index contributed by atoms with van der Waals surface area (Å²) >= 11 is 0. The second-order valence-electron chi connectivity index (χ2n) is 6.92. The summed E-state index contributed by atoms with van der Waals surface area (Å²) in [5, 5.41) is 0. The summed E-state index contributed by atoms with van der Waals surface area (Å²) in [5.74, 6) is -0.198. The molecule has 0 spiro atoms. The lowest BCUT2D eigenvalue weighted by molar-refractivity contribution is 0.0526. The highest BCUT2D eigenvalue weighted by molar-refractivity contribution is 5.93. The van der Waals surface area contributed by atoms with Gasteiger partial charge in [-0.2, -0.15) is 0 Å². The average Bonchev–Trinajstić information content (AvgIpc) is 2.59. The van der Waals surface area contributed by atoms with Crippen molar-refractivity contribution in [2.45, 2.75) is 32.6 Å². The molecule has 24 heavy (non-hydrogen) atoms. The fourth-order valence-corrected chi connectivity index (χ4v) is 4.08. The van der Waals surface area contributed by atoms with Crippen LogP contribution in [0.2, 0.25) is 0 Å². The number of anilines is 1. The van der Waals surface area contributed by atoms with Crippen molar-refractivity contribution in [1.29, 1.82) is 0 Å². The number of esters is 1. The van der Waals surface area contributed by atoms with E-state index in [-0.39, 0.29) is 5.97 Å². The molecule has 0 atom stereocenters. The Labute approximate surface area is 143 Å². The number of carbonyl (C=O) groups excluding carboxylic acids is 1. The summed E-state index contributed by atoms with van der Waals surface area (Å²) in [5.41, 5.74) is 10.3. The predicted molar refractivity (Wildman–Crippen MR) is 97.0 cm³/mol. The Balaban J connectivity index is 1.87. The molecule has 0 saturated heterocycles. The first-order chi connectivity index (χ1) is 11.6. The monoisotopic (exact) mass is 321 g/mol. The van der Waals surface area contributed by atoms with E-state index in [1.165, 1.54) is 39.1 Å². The molecule has 0 bridgehead atoms. The number of ether oxygens (including phenoxy) is 1. The van der Waals surface area contributed by atoms with E-state index in [9.17, 15) is 4.79 Å². The summed E-state index contributed by atoms with van der Waals surface area (Å²) in [6.07, 6.45) is 4.09. The average molecular weight is 321 g/mol. The summed E-state index contributed by atoms with van der Waals surface area (Å²) in [6.45, 7) is 2.27. The SMILES string of the molecule is CCOC(=O)c1cc2c3c(c1)CCc1cc(N(C)C)cc(c1-3)CC2. The van der Waals surface area contributed by atoms with Gasteiger partial charge < -0.3 is 9.64 Å². The second kappa shape index (κ2) is 5.66. The van der Waals surface area contributed by atoms with Gasteiger partial charge in [-0.25, -0.2) is 4.79 Å². The van der Waals surface area contributed by atoms with Gasteiger partial charge in [0.05, 0.1) is 12.2 Å². The van der Waals surface area contributed by atoms with Gasteiger partial charge in [0, 0.05) is 19.8 Å². The van der Waals surface area contributed by atoms with Crippen molar-refractivity contribution >= 4 is 11.7 Å². The standard InChI is InChI=1S/C21H23NO2/c1-4-24-21(23)17-9-13-5-7-15-11-18(22(2)3)12-16-8-6-14(10-17)19(13)20(15)16/h9-12H,4-8H2,1-3H3. The Morgan fingerprint density at radius 3 is 1.79 bits per heavy atom. The molecule has 0 N–H and O–H groups in total. The van der Waals surface area contributed by atoms with Crippen molar-refractivity contribution in [2.75, 3.05) is 25.6 Å². The number of carbonyl (C=O) groups is 1. The fraction of sp³-hybridized carbons (Fsp3) is 0.381. The number of hydrogen-bond donors (Lipinski definition) is 0. The maximum atomic E-state index is 12.2. The highest BCUT2D eigenvalue weighted by Gasteiger charge is 2.27. The smallest absolute Gasteiger partial charge is 0.338 e. The lowest BCUT2D eigenvalue weighted by atomic mass is 9.74. The minimum absolute atomic E-state index is 0.198. The number of hydrogen-bond acceptors (Lipinski definition) is 3. The quantitative estimate of drug-likeness (QED) is 0.806. The minimum atomic E-state index is -0.198. The van der Waals surface area contributed by atoms with Gasteiger partial charge in [-0.3, -0.25) is 0 Å². The molecule has 0 saturated carbocycles. The van der Waals surface area contributed by atoms with Gasteiger partial charge >= 0.3 is 5.97 Å². The fourth-order valence-electron chi connectivity index (χ4n) is 4.08. The Hall–Kier alpha value is -2.29. The van der Waals surface area contributed by atoms with Crippen molar-refractivity contribution in [3.05, 3.63) is 52.1 Å². The van der Waals surface area contributed by atoms with Gasteiger partial charge in [-0.15, -0.1) is 0 Å². The van der Waals surface area contributed by atoms with E-state index >= 15 is 0 Å². The normalized spacial score (nSPS) is 14.1. The molecule has 2 aromatic carbocycles. The zero-order valence-electron chi connectivity index (χ0n) is 14.6. The van der Waals surface area contributed by atoms with Gasteiger partial charge in [0.2, 0.25) is 0 Å². The van der Waals surface area contributed by atoms with E-state index in [0.717, 1.165) is 25.7 Å². The first kappa shape index (κ1) is 15.3. The van der Waals surface area contributed by atoms with Crippen LogP contribution in [0.5, 0.6) is 0 Å². The molecular weight excluding hydrogens is 298 g/mol. The summed E-state index contributed by atoms with van der Waals surface area (Å²) in [6, 6.07) is 8.76. The molecule has 4 rings (SSSR count). The van der Waals surface area contributed by atoms with E-state index in [0.29, 0.717) is 12.2 Å². The molecule has 2 aliphatic carbocycles. The van der Waals surface area contributed by atoms with Crippen LogP contribution in [0.25, 0.3) is 11.1 Å². The minimum Gasteiger partial charge on any atom is -0.462 e. The van der Waals surface area contributed by atoms with Gasteiger partial charge in [0.25, 0.3) is 0 Å². The van der Waals surface area contributed by atoms with Crippen molar-refractivity contribution in [3.63, 3.8) is 0 Å². The van der Waals surface area contributed by atoms with Gasteiger partial charge in [0.1, 0.15) is 0 Å². The Morgan fingerprint density at radius 2 is 1.38 bits per heavy atom. The molecule has 2 aliphatic rings. The van der Waals surface area contributed by atoms with Crippen LogP contribution < -0.4 is 4.90 Å². The Morgan fingerprint density at radius 1 is 0.917 bits per heavy atom. The first-order valence-electron chi connectivity index (χ1n) is 8.75. The molecule has 3 heteroatoms. The van der Waals surface area contributed by atoms with Crippen molar-refractivity contribution < 1.29 is 9.53 Å². The molecule has 124 valence electrons. The largest absolute Gasteiger partial charge is 0.462 e. The third-order valence-electron chi connectivity index (χ3n) is 5.19. The lowest BCUT2D eigenvalue weighted by Crippen LogP contribution is -2.18. The van der Waals surface area contributed by atoms with Crippen LogP contribution in [0.1, 0.15) is 39.5 Å². The summed E-state index contributed by atoms with van der Waals surface area (Å²) < 4.78 is 5.20. The topological polar surface area (TPSA) is 29.5 Å². The maximum absolute atomic E-state index is 12.2. The summed E-state index contributed by atoms with van der Waals surface area (Å²) in [4.78, 5) is 14.3. The van der Waals surface area contributed by atoms with Gasteiger partial charge in [-0.05, 0) is 90.3 Å². The number of benzene rings is 2. The maximum Gasteiger partial charge on any atom is 0.338 e. The summed E-state index contributed by atoms with van der Waals surface area (Å²) in [7, 11) is 4.20. The van der Waals surface area contributed by atoms with Crippen LogP contribution >= 0.6 is 0 Å². The molecule has 0 amide bonds. The Bertz CT molecular complexity index is 786. The van der Waals surface area contributed by atoms with E-state index in [1.54, 1.807) is 0 Å². The van der Waals surface area contributed by atoms with E-state index in [2.05, 4.69) is 43.3 Å². The number of aryl methyl sites for hydroxylation is 4. The zero-order valence-corrected chi connectivity index (χ0v) is 14.6. The number of rotatable bonds is 3. The molecule has 0 radical (unpaired) electrons. The van der Waals surface area contributed by atoms with Crippen molar-refractivity contribution in [1.82, 2.24) is 0 Å². The van der Waals surface area contributed by atoms with Gasteiger partial charge in [-0.1, -0.05) is 0 Å². The molecule has 0 fully saturated rings. The van der Waals surface area contributed by atoms with Crippen LogP contribution in [0.3, 0.4) is 0 Å². The highest BCUT2D eigenvalue weighted by atomic mass is 16.5. The number of nitrogens with zero attached hydrogens (tertiary/aromatic N) is 1. The first-order valence-corrected chi connectivity index (χ1v) is 8.75. The van der Waals surface area contributed by atoms with Crippen LogP contribution in [-0.4, -0.2) is 26.7 Å². The Kier molecular flexibility index (Phi) is 3.60. The van der Waals surface area contributed by atoms with E-state index in [4.69, 9.17) is 4.74 Å². The molecule has 0 aliphatic heterocycles. The van der Waals surface area contributed by atoms with E-state index < -0.39 is 0 Å². The second-order valence-corrected chi connectivity index (χ2v) is 6.92. The van der Waals surface area contributed by atoms with Crippen LogP contribution in [0.15, 0.2) is 24.3 Å².